The van der Waals surface area contributed by atoms with E-state index in [9.17, 15) is 5.11 Å². The molecule has 0 radical (unpaired) electrons. The second-order valence-electron chi connectivity index (χ2n) is 5.23. The zero-order valence-corrected chi connectivity index (χ0v) is 11.8. The number of aromatic hydroxyl groups is 1. The van der Waals surface area contributed by atoms with Crippen molar-refractivity contribution in [1.29, 1.82) is 0 Å². The average molecular weight is 266 g/mol. The summed E-state index contributed by atoms with van der Waals surface area (Å²) in [5.41, 5.74) is 0.872. The SMILES string of the molecule is CN(C)CCCN(C)Cc1cc2c(cc1O)OCO2. The van der Waals surface area contributed by atoms with Gasteiger partial charge < -0.3 is 24.4 Å². The molecule has 0 fully saturated rings. The highest BCUT2D eigenvalue weighted by atomic mass is 16.7. The minimum absolute atomic E-state index is 0.233. The molecule has 5 nitrogen and oxygen atoms in total. The number of hydrogen-bond acceptors (Lipinski definition) is 5. The first-order valence-electron chi connectivity index (χ1n) is 6.51. The van der Waals surface area contributed by atoms with E-state index >= 15 is 0 Å². The van der Waals surface area contributed by atoms with Crippen LogP contribution in [0.15, 0.2) is 12.1 Å². The number of phenols is 1. The largest absolute Gasteiger partial charge is 0.507 e. The van der Waals surface area contributed by atoms with Crippen molar-refractivity contribution in [3.05, 3.63) is 17.7 Å². The number of fused-ring (bicyclic) bond motifs is 1. The van der Waals surface area contributed by atoms with Gasteiger partial charge in [0.25, 0.3) is 0 Å². The van der Waals surface area contributed by atoms with E-state index in [1.54, 1.807) is 6.07 Å². The van der Waals surface area contributed by atoms with Crippen LogP contribution in [0.2, 0.25) is 0 Å². The lowest BCUT2D eigenvalue weighted by atomic mass is 10.1. The predicted molar refractivity (Wildman–Crippen MR) is 73.7 cm³/mol. The smallest absolute Gasteiger partial charge is 0.231 e. The van der Waals surface area contributed by atoms with E-state index in [0.29, 0.717) is 12.3 Å². The Labute approximate surface area is 114 Å². The molecule has 1 aromatic rings. The third-order valence-electron chi connectivity index (χ3n) is 3.16. The molecular weight excluding hydrogens is 244 g/mol. The summed E-state index contributed by atoms with van der Waals surface area (Å²) < 4.78 is 10.6. The third-order valence-corrected chi connectivity index (χ3v) is 3.16. The Hall–Kier alpha value is -1.46. The molecule has 0 aromatic heterocycles. The third kappa shape index (κ3) is 3.75. The van der Waals surface area contributed by atoms with E-state index in [2.05, 4.69) is 30.9 Å². The van der Waals surface area contributed by atoms with Crippen LogP contribution < -0.4 is 9.47 Å². The molecule has 0 amide bonds. The maximum absolute atomic E-state index is 9.97. The van der Waals surface area contributed by atoms with Crippen LogP contribution in [0.1, 0.15) is 12.0 Å². The monoisotopic (exact) mass is 266 g/mol. The molecule has 0 spiro atoms. The normalized spacial score (nSPS) is 13.5. The first-order chi connectivity index (χ1) is 9.06. The molecule has 0 unspecified atom stereocenters. The van der Waals surface area contributed by atoms with Crippen molar-refractivity contribution < 1.29 is 14.6 Å². The molecule has 1 heterocycles. The number of nitrogens with zero attached hydrogens (tertiary/aromatic N) is 2. The molecule has 0 aliphatic carbocycles. The Morgan fingerprint density at radius 1 is 1.11 bits per heavy atom. The quantitative estimate of drug-likeness (QED) is 0.845. The fourth-order valence-corrected chi connectivity index (χ4v) is 2.13. The van der Waals surface area contributed by atoms with E-state index in [-0.39, 0.29) is 12.5 Å². The lowest BCUT2D eigenvalue weighted by Crippen LogP contribution is -2.23. The molecule has 0 saturated heterocycles. The number of ether oxygens (including phenoxy) is 2. The molecule has 5 heteroatoms. The summed E-state index contributed by atoms with van der Waals surface area (Å²) in [6.07, 6.45) is 1.11. The highest BCUT2D eigenvalue weighted by molar-refractivity contribution is 5.51. The molecule has 0 atom stereocenters. The van der Waals surface area contributed by atoms with Gasteiger partial charge in [0, 0.05) is 18.2 Å². The molecule has 1 N–H and O–H groups in total. The Balaban J connectivity index is 1.91. The fourth-order valence-electron chi connectivity index (χ4n) is 2.13. The van der Waals surface area contributed by atoms with Gasteiger partial charge in [0.15, 0.2) is 11.5 Å². The minimum Gasteiger partial charge on any atom is -0.507 e. The van der Waals surface area contributed by atoms with E-state index in [4.69, 9.17) is 9.47 Å². The van der Waals surface area contributed by atoms with E-state index < -0.39 is 0 Å². The van der Waals surface area contributed by atoms with Gasteiger partial charge >= 0.3 is 0 Å². The summed E-state index contributed by atoms with van der Waals surface area (Å²) in [4.78, 5) is 4.37. The van der Waals surface area contributed by atoms with E-state index in [0.717, 1.165) is 30.8 Å². The van der Waals surface area contributed by atoms with Crippen molar-refractivity contribution in [1.82, 2.24) is 9.80 Å². The van der Waals surface area contributed by atoms with Gasteiger partial charge in [-0.15, -0.1) is 0 Å². The van der Waals surface area contributed by atoms with Crippen molar-refractivity contribution in [2.45, 2.75) is 13.0 Å². The lowest BCUT2D eigenvalue weighted by molar-refractivity contribution is 0.174. The zero-order chi connectivity index (χ0) is 13.8. The van der Waals surface area contributed by atoms with Crippen molar-refractivity contribution in [2.24, 2.45) is 0 Å². The molecule has 0 bridgehead atoms. The Morgan fingerprint density at radius 2 is 1.79 bits per heavy atom. The second kappa shape index (κ2) is 6.12. The second-order valence-corrected chi connectivity index (χ2v) is 5.23. The number of benzene rings is 1. The summed E-state index contributed by atoms with van der Waals surface area (Å²) >= 11 is 0. The van der Waals surface area contributed by atoms with Crippen LogP contribution in [0, 0.1) is 0 Å². The molecule has 1 aromatic carbocycles. The highest BCUT2D eigenvalue weighted by Gasteiger charge is 2.17. The Morgan fingerprint density at radius 3 is 2.47 bits per heavy atom. The van der Waals surface area contributed by atoms with Crippen LogP contribution >= 0.6 is 0 Å². The summed E-state index contributed by atoms with van der Waals surface area (Å²) in [5.74, 6) is 1.61. The molecule has 106 valence electrons. The molecular formula is C14H22N2O3. The Kier molecular flexibility index (Phi) is 4.50. The van der Waals surface area contributed by atoms with Crippen LogP contribution in [-0.4, -0.2) is 55.9 Å². The Bertz CT molecular complexity index is 435. The van der Waals surface area contributed by atoms with Crippen LogP contribution in [0.3, 0.4) is 0 Å². The molecule has 1 aliphatic heterocycles. The summed E-state index contributed by atoms with van der Waals surface area (Å²) in [6.45, 7) is 3.00. The number of hydrogen-bond donors (Lipinski definition) is 1. The van der Waals surface area contributed by atoms with Crippen LogP contribution in [-0.2, 0) is 6.54 Å². The van der Waals surface area contributed by atoms with Crippen molar-refractivity contribution >= 4 is 0 Å². The van der Waals surface area contributed by atoms with Crippen molar-refractivity contribution in [3.63, 3.8) is 0 Å². The molecule has 1 aliphatic rings. The maximum atomic E-state index is 9.97. The summed E-state index contributed by atoms with van der Waals surface area (Å²) in [6, 6.07) is 3.49. The number of rotatable bonds is 6. The fraction of sp³-hybridized carbons (Fsp3) is 0.571. The van der Waals surface area contributed by atoms with Gasteiger partial charge in [-0.25, -0.2) is 0 Å². The zero-order valence-electron chi connectivity index (χ0n) is 11.8. The van der Waals surface area contributed by atoms with Crippen LogP contribution in [0.4, 0.5) is 0 Å². The van der Waals surface area contributed by atoms with E-state index in [1.807, 2.05) is 6.07 Å². The van der Waals surface area contributed by atoms with E-state index in [1.165, 1.54) is 0 Å². The van der Waals surface area contributed by atoms with Gasteiger partial charge in [0.2, 0.25) is 6.79 Å². The molecule has 0 saturated carbocycles. The van der Waals surface area contributed by atoms with Gasteiger partial charge in [0.05, 0.1) is 0 Å². The number of phenolic OH excluding ortho intramolecular Hbond substituents is 1. The minimum atomic E-state index is 0.233. The van der Waals surface area contributed by atoms with Crippen molar-refractivity contribution in [2.75, 3.05) is 41.0 Å². The van der Waals surface area contributed by atoms with Gasteiger partial charge in [-0.3, -0.25) is 0 Å². The van der Waals surface area contributed by atoms with Crippen molar-refractivity contribution in [3.8, 4) is 17.2 Å². The van der Waals surface area contributed by atoms with Gasteiger partial charge in [-0.1, -0.05) is 0 Å². The van der Waals surface area contributed by atoms with Crippen LogP contribution in [0.5, 0.6) is 17.2 Å². The van der Waals surface area contributed by atoms with Gasteiger partial charge in [-0.05, 0) is 46.7 Å². The summed E-state index contributed by atoms with van der Waals surface area (Å²) in [7, 11) is 6.20. The summed E-state index contributed by atoms with van der Waals surface area (Å²) in [5, 5.41) is 9.97. The van der Waals surface area contributed by atoms with Gasteiger partial charge in [-0.2, -0.15) is 0 Å². The molecule has 2 rings (SSSR count). The standard InChI is InChI=1S/C14H22N2O3/c1-15(2)5-4-6-16(3)9-11-7-13-14(8-12(11)17)19-10-18-13/h7-8,17H,4-6,9-10H2,1-3H3. The lowest BCUT2D eigenvalue weighted by Gasteiger charge is -2.19. The molecule has 19 heavy (non-hydrogen) atoms. The highest BCUT2D eigenvalue weighted by Crippen LogP contribution is 2.37. The average Bonchev–Trinajstić information content (AvgIpc) is 2.76. The van der Waals surface area contributed by atoms with Gasteiger partial charge in [0.1, 0.15) is 5.75 Å². The maximum Gasteiger partial charge on any atom is 0.231 e. The first-order valence-corrected chi connectivity index (χ1v) is 6.51. The predicted octanol–water partition coefficient (Wildman–Crippen LogP) is 1.50. The van der Waals surface area contributed by atoms with Crippen LogP contribution in [0.25, 0.3) is 0 Å². The topological polar surface area (TPSA) is 45.2 Å². The first kappa shape index (κ1) is 14.0.